The lowest BCUT2D eigenvalue weighted by molar-refractivity contribution is 0.256. The zero-order valence-electron chi connectivity index (χ0n) is 16.6. The number of nitrogens with zero attached hydrogens (tertiary/aromatic N) is 3. The van der Waals surface area contributed by atoms with Crippen molar-refractivity contribution in [1.82, 2.24) is 9.97 Å². The molecule has 1 aliphatic heterocycles. The van der Waals surface area contributed by atoms with E-state index in [0.29, 0.717) is 18.2 Å². The van der Waals surface area contributed by atoms with E-state index < -0.39 is 5.82 Å². The van der Waals surface area contributed by atoms with Crippen molar-refractivity contribution in [2.24, 2.45) is 0 Å². The van der Waals surface area contributed by atoms with Crippen LogP contribution in [0.2, 0.25) is 0 Å². The van der Waals surface area contributed by atoms with Gasteiger partial charge in [-0.3, -0.25) is 14.9 Å². The Morgan fingerprint density at radius 3 is 2.87 bits per heavy atom. The molecule has 0 bridgehead atoms. The number of fused-ring (bicyclic) bond motifs is 1. The number of pyridine rings is 2. The molecule has 3 aromatic rings. The molecule has 1 saturated carbocycles. The highest BCUT2D eigenvalue weighted by molar-refractivity contribution is 6.05. The van der Waals surface area contributed by atoms with Gasteiger partial charge < -0.3 is 10.1 Å². The van der Waals surface area contributed by atoms with Gasteiger partial charge in [-0.05, 0) is 49.6 Å². The van der Waals surface area contributed by atoms with Gasteiger partial charge in [0.1, 0.15) is 23.9 Å². The van der Waals surface area contributed by atoms with Crippen molar-refractivity contribution in [3.05, 3.63) is 77.1 Å². The maximum absolute atomic E-state index is 13.8. The molecule has 2 aliphatic rings. The molecule has 0 atom stereocenters. The lowest BCUT2D eigenvalue weighted by Gasteiger charge is -2.31. The van der Waals surface area contributed by atoms with Crippen molar-refractivity contribution in [2.75, 3.05) is 10.2 Å². The topological polar surface area (TPSA) is 67.3 Å². The Kier molecular flexibility index (Phi) is 4.58. The fourth-order valence-electron chi connectivity index (χ4n) is 3.75. The van der Waals surface area contributed by atoms with E-state index >= 15 is 0 Å². The van der Waals surface area contributed by atoms with Crippen molar-refractivity contribution in [1.29, 1.82) is 0 Å². The highest BCUT2D eigenvalue weighted by Crippen LogP contribution is 2.43. The van der Waals surface area contributed by atoms with Crippen LogP contribution in [0, 0.1) is 12.7 Å². The quantitative estimate of drug-likeness (QED) is 0.655. The van der Waals surface area contributed by atoms with E-state index in [4.69, 9.17) is 4.74 Å². The average Bonchev–Trinajstić information content (AvgIpc) is 3.59. The number of hydrogen-bond donors (Lipinski definition) is 1. The highest BCUT2D eigenvalue weighted by Gasteiger charge is 2.33. The third kappa shape index (κ3) is 3.47. The van der Waals surface area contributed by atoms with E-state index in [1.54, 1.807) is 17.2 Å². The summed E-state index contributed by atoms with van der Waals surface area (Å²) in [5.41, 5.74) is 4.92. The molecule has 0 radical (unpaired) electrons. The zero-order valence-corrected chi connectivity index (χ0v) is 16.6. The van der Waals surface area contributed by atoms with Gasteiger partial charge in [-0.2, -0.15) is 0 Å². The van der Waals surface area contributed by atoms with E-state index in [1.165, 1.54) is 12.3 Å². The predicted molar refractivity (Wildman–Crippen MR) is 111 cm³/mol. The maximum atomic E-state index is 13.8. The Bertz CT molecular complexity index is 1130. The van der Waals surface area contributed by atoms with Crippen LogP contribution in [-0.4, -0.2) is 16.0 Å². The van der Waals surface area contributed by atoms with Gasteiger partial charge in [0.25, 0.3) is 0 Å². The number of urea groups is 1. The molecule has 6 nitrogen and oxygen atoms in total. The van der Waals surface area contributed by atoms with E-state index in [-0.39, 0.29) is 18.3 Å². The van der Waals surface area contributed by atoms with Gasteiger partial charge in [0.05, 0.1) is 23.6 Å². The number of amides is 2. The van der Waals surface area contributed by atoms with Crippen LogP contribution in [0.1, 0.15) is 41.3 Å². The van der Waals surface area contributed by atoms with Gasteiger partial charge in [0, 0.05) is 29.9 Å². The van der Waals surface area contributed by atoms with Crippen LogP contribution in [0.5, 0.6) is 5.75 Å². The van der Waals surface area contributed by atoms with E-state index in [2.05, 4.69) is 15.3 Å². The van der Waals surface area contributed by atoms with Crippen LogP contribution < -0.4 is 15.0 Å². The van der Waals surface area contributed by atoms with Crippen LogP contribution in [0.15, 0.2) is 48.8 Å². The third-order valence-corrected chi connectivity index (χ3v) is 5.54. The van der Waals surface area contributed by atoms with Crippen LogP contribution in [-0.2, 0) is 13.2 Å². The van der Waals surface area contributed by atoms with Gasteiger partial charge in [-0.15, -0.1) is 0 Å². The van der Waals surface area contributed by atoms with E-state index in [0.717, 1.165) is 41.0 Å². The van der Waals surface area contributed by atoms with Crippen LogP contribution >= 0.6 is 0 Å². The Balaban J connectivity index is 1.42. The van der Waals surface area contributed by atoms with Crippen LogP contribution in [0.4, 0.5) is 20.6 Å². The zero-order chi connectivity index (χ0) is 20.7. The van der Waals surface area contributed by atoms with Gasteiger partial charge in [0.2, 0.25) is 0 Å². The fourth-order valence-corrected chi connectivity index (χ4v) is 3.75. The number of aromatic nitrogens is 2. The van der Waals surface area contributed by atoms with Gasteiger partial charge in [0.15, 0.2) is 0 Å². The molecule has 3 heterocycles. The largest absolute Gasteiger partial charge is 0.487 e. The number of anilines is 2. The molecule has 0 saturated heterocycles. The fraction of sp³-hybridized carbons (Fsp3) is 0.261. The van der Waals surface area contributed by atoms with E-state index in [1.807, 2.05) is 31.2 Å². The molecule has 7 heteroatoms. The first-order valence-corrected chi connectivity index (χ1v) is 9.99. The Labute approximate surface area is 173 Å². The van der Waals surface area contributed by atoms with Gasteiger partial charge in [-0.1, -0.05) is 6.07 Å². The van der Waals surface area contributed by atoms with Crippen LogP contribution in [0.3, 0.4) is 0 Å². The summed E-state index contributed by atoms with van der Waals surface area (Å²) in [4.78, 5) is 23.1. The summed E-state index contributed by atoms with van der Waals surface area (Å²) in [6.45, 7) is 2.42. The summed E-state index contributed by atoms with van der Waals surface area (Å²) in [5.74, 6) is 0.630. The summed E-state index contributed by atoms with van der Waals surface area (Å²) in [6, 6.07) is 10.1. The summed E-state index contributed by atoms with van der Waals surface area (Å²) >= 11 is 0. The first-order valence-electron chi connectivity index (χ1n) is 9.99. The molecule has 0 unspecified atom stereocenters. The summed E-state index contributed by atoms with van der Waals surface area (Å²) in [7, 11) is 0. The van der Waals surface area contributed by atoms with Crippen molar-refractivity contribution >= 4 is 17.4 Å². The second-order valence-corrected chi connectivity index (χ2v) is 7.68. The molecular formula is C23H21FN4O2. The number of nitrogens with one attached hydrogen (secondary N) is 1. The third-order valence-electron chi connectivity index (χ3n) is 5.54. The standard InChI is InChI=1S/C23H21FN4O2/c1-14-4-7-16(30-13-20-18(24)3-2-9-25-20)11-21(14)28-12-17-19(27-23(28)29)8-10-26-22(17)15-5-6-15/h2-4,7-11,15H,5-6,12-13H2,1H3,(H,27,29). The smallest absolute Gasteiger partial charge is 0.326 e. The molecule has 2 aromatic heterocycles. The summed E-state index contributed by atoms with van der Waals surface area (Å²) in [6.07, 6.45) is 5.58. The minimum absolute atomic E-state index is 0.0138. The minimum atomic E-state index is -0.406. The predicted octanol–water partition coefficient (Wildman–Crippen LogP) is 4.93. The lowest BCUT2D eigenvalue weighted by atomic mass is 10.0. The Morgan fingerprint density at radius 2 is 2.07 bits per heavy atom. The van der Waals surface area contributed by atoms with Gasteiger partial charge >= 0.3 is 6.03 Å². The molecule has 2 amide bonds. The molecule has 1 fully saturated rings. The molecule has 1 aliphatic carbocycles. The monoisotopic (exact) mass is 404 g/mol. The molecule has 1 aromatic carbocycles. The number of benzene rings is 1. The molecule has 1 N–H and O–H groups in total. The van der Waals surface area contributed by atoms with Crippen molar-refractivity contribution in [3.63, 3.8) is 0 Å². The molecule has 0 spiro atoms. The molecule has 5 rings (SSSR count). The minimum Gasteiger partial charge on any atom is -0.487 e. The summed E-state index contributed by atoms with van der Waals surface area (Å²) in [5, 5.41) is 2.99. The number of halogens is 1. The highest BCUT2D eigenvalue weighted by atomic mass is 19.1. The average molecular weight is 404 g/mol. The molecule has 30 heavy (non-hydrogen) atoms. The first-order chi connectivity index (χ1) is 14.6. The SMILES string of the molecule is Cc1ccc(OCc2ncccc2F)cc1N1Cc2c(ccnc2C2CC2)NC1=O. The van der Waals surface area contributed by atoms with Gasteiger partial charge in [-0.25, -0.2) is 9.18 Å². The number of ether oxygens (including phenoxy) is 1. The summed E-state index contributed by atoms with van der Waals surface area (Å²) < 4.78 is 19.6. The Hall–Kier alpha value is -3.48. The number of carbonyl (C=O) groups is 1. The van der Waals surface area contributed by atoms with Crippen molar-refractivity contribution < 1.29 is 13.9 Å². The number of rotatable bonds is 5. The van der Waals surface area contributed by atoms with E-state index in [9.17, 15) is 9.18 Å². The number of aryl methyl sites for hydroxylation is 1. The number of hydrogen-bond acceptors (Lipinski definition) is 4. The lowest BCUT2D eigenvalue weighted by Crippen LogP contribution is -2.39. The van der Waals surface area contributed by atoms with Crippen molar-refractivity contribution in [3.8, 4) is 5.75 Å². The first kappa shape index (κ1) is 18.5. The normalized spacial score (nSPS) is 15.5. The molecular weight excluding hydrogens is 383 g/mol. The maximum Gasteiger partial charge on any atom is 0.326 e. The second kappa shape index (κ2) is 7.40. The van der Waals surface area contributed by atoms with Crippen LogP contribution in [0.25, 0.3) is 0 Å². The molecule has 152 valence electrons. The Morgan fingerprint density at radius 1 is 1.20 bits per heavy atom. The second-order valence-electron chi connectivity index (χ2n) is 7.68. The van der Waals surface area contributed by atoms with Crippen molar-refractivity contribution in [2.45, 2.75) is 38.8 Å². The number of carbonyl (C=O) groups excluding carboxylic acids is 1.